The number of aromatic nitrogens is 1. The number of rotatable bonds is 5. The molecule has 0 N–H and O–H groups in total. The summed E-state index contributed by atoms with van der Waals surface area (Å²) in [7, 11) is 0. The van der Waals surface area contributed by atoms with Crippen LogP contribution in [0.2, 0.25) is 0 Å². The number of hydrogen-bond donors (Lipinski definition) is 0. The van der Waals surface area contributed by atoms with Gasteiger partial charge in [0.1, 0.15) is 10.8 Å². The average molecular weight is 359 g/mol. The van der Waals surface area contributed by atoms with Crippen LogP contribution in [0.3, 0.4) is 0 Å². The Balaban J connectivity index is 1.67. The van der Waals surface area contributed by atoms with Crippen LogP contribution in [0.1, 0.15) is 27.8 Å². The van der Waals surface area contributed by atoms with Gasteiger partial charge in [0.05, 0.1) is 17.0 Å². The first-order valence-corrected chi connectivity index (χ1v) is 8.92. The highest BCUT2D eigenvalue weighted by atomic mass is 32.1. The number of nitrogens with zero attached hydrogens (tertiary/aromatic N) is 1. The minimum absolute atomic E-state index is 0.262. The lowest BCUT2D eigenvalue weighted by Gasteiger charge is -2.04. The van der Waals surface area contributed by atoms with Crippen LogP contribution in [0.4, 0.5) is 0 Å². The molecule has 0 spiro atoms. The van der Waals surface area contributed by atoms with Gasteiger partial charge >= 0.3 is 11.9 Å². The number of carbonyl (C=O) groups excluding carboxylic acids is 2. The molecule has 1 aromatic carbocycles. The first-order valence-electron chi connectivity index (χ1n) is 7.16. The number of thiazole rings is 1. The summed E-state index contributed by atoms with van der Waals surface area (Å²) < 4.78 is 10.2. The molecule has 5 nitrogen and oxygen atoms in total. The van der Waals surface area contributed by atoms with E-state index in [9.17, 15) is 9.59 Å². The van der Waals surface area contributed by atoms with Gasteiger partial charge in [-0.05, 0) is 42.6 Å². The topological polar surface area (TPSA) is 65.5 Å². The summed E-state index contributed by atoms with van der Waals surface area (Å²) >= 11 is 2.96. The second kappa shape index (κ2) is 7.37. The summed E-state index contributed by atoms with van der Waals surface area (Å²) in [4.78, 5) is 29.0. The zero-order chi connectivity index (χ0) is 16.9. The van der Waals surface area contributed by atoms with Crippen LogP contribution < -0.4 is 4.74 Å². The second-order valence-corrected chi connectivity index (χ2v) is 6.46. The van der Waals surface area contributed by atoms with E-state index >= 15 is 0 Å². The predicted octanol–water partition coefficient (Wildman–Crippen LogP) is 4.27. The van der Waals surface area contributed by atoms with Gasteiger partial charge < -0.3 is 9.47 Å². The molecule has 24 heavy (non-hydrogen) atoms. The molecule has 2 aromatic heterocycles. The third-order valence-corrected chi connectivity index (χ3v) is 4.90. The SMILES string of the molecule is CCOC(=O)c1ccc(OC(=O)c2csc(-c3cccs3)n2)cc1. The van der Waals surface area contributed by atoms with E-state index in [-0.39, 0.29) is 5.69 Å². The molecule has 0 amide bonds. The summed E-state index contributed by atoms with van der Waals surface area (Å²) in [5.74, 6) is -0.591. The third kappa shape index (κ3) is 3.69. The normalized spacial score (nSPS) is 10.4. The minimum atomic E-state index is -0.530. The van der Waals surface area contributed by atoms with Gasteiger partial charge in [0.2, 0.25) is 0 Å². The molecule has 3 aromatic rings. The molecular weight excluding hydrogens is 346 g/mol. The standard InChI is InChI=1S/C17H13NO4S2/c1-2-21-16(19)11-5-7-12(8-6-11)22-17(20)13-10-24-15(18-13)14-4-3-9-23-14/h3-10H,2H2,1H3. The van der Waals surface area contributed by atoms with Gasteiger partial charge in [-0.25, -0.2) is 14.6 Å². The Morgan fingerprint density at radius 2 is 1.88 bits per heavy atom. The number of thiophene rings is 1. The van der Waals surface area contributed by atoms with Crippen LogP contribution in [0.5, 0.6) is 5.75 Å². The highest BCUT2D eigenvalue weighted by Crippen LogP contribution is 2.28. The van der Waals surface area contributed by atoms with Crippen molar-refractivity contribution in [3.8, 4) is 15.6 Å². The van der Waals surface area contributed by atoms with Crippen LogP contribution in [-0.4, -0.2) is 23.5 Å². The summed E-state index contributed by atoms with van der Waals surface area (Å²) in [6.45, 7) is 2.05. The molecule has 0 saturated carbocycles. The molecule has 0 fully saturated rings. The Morgan fingerprint density at radius 1 is 1.08 bits per heavy atom. The third-order valence-electron chi connectivity index (χ3n) is 3.02. The monoisotopic (exact) mass is 359 g/mol. The Labute approximate surface area is 146 Å². The number of hydrogen-bond acceptors (Lipinski definition) is 7. The number of carbonyl (C=O) groups is 2. The van der Waals surface area contributed by atoms with Crippen LogP contribution in [0.15, 0.2) is 47.2 Å². The summed E-state index contributed by atoms with van der Waals surface area (Å²) in [6.07, 6.45) is 0. The van der Waals surface area contributed by atoms with Crippen LogP contribution in [0, 0.1) is 0 Å². The maximum absolute atomic E-state index is 12.2. The highest BCUT2D eigenvalue weighted by Gasteiger charge is 2.15. The number of esters is 2. The van der Waals surface area contributed by atoms with Gasteiger partial charge in [-0.15, -0.1) is 22.7 Å². The van der Waals surface area contributed by atoms with Crippen molar-refractivity contribution in [1.82, 2.24) is 4.98 Å². The zero-order valence-corrected chi connectivity index (χ0v) is 14.4. The van der Waals surface area contributed by atoms with Crippen molar-refractivity contribution in [1.29, 1.82) is 0 Å². The Kier molecular flexibility index (Phi) is 5.02. The van der Waals surface area contributed by atoms with E-state index in [4.69, 9.17) is 9.47 Å². The van der Waals surface area contributed by atoms with Crippen LogP contribution >= 0.6 is 22.7 Å². The zero-order valence-electron chi connectivity index (χ0n) is 12.7. The second-order valence-electron chi connectivity index (χ2n) is 4.65. The maximum Gasteiger partial charge on any atom is 0.363 e. The van der Waals surface area contributed by atoms with Gasteiger partial charge in [0.15, 0.2) is 5.69 Å². The van der Waals surface area contributed by atoms with Crippen molar-refractivity contribution in [2.75, 3.05) is 6.61 Å². The van der Waals surface area contributed by atoms with E-state index in [0.717, 1.165) is 9.88 Å². The molecular formula is C17H13NO4S2. The smallest absolute Gasteiger partial charge is 0.363 e. The summed E-state index contributed by atoms with van der Waals surface area (Å²) in [5.41, 5.74) is 0.670. The van der Waals surface area contributed by atoms with Crippen LogP contribution in [-0.2, 0) is 4.74 Å². The molecule has 7 heteroatoms. The molecule has 0 aliphatic rings. The lowest BCUT2D eigenvalue weighted by molar-refractivity contribution is 0.0526. The lowest BCUT2D eigenvalue weighted by atomic mass is 10.2. The Hall–Kier alpha value is -2.51. The molecule has 0 unspecified atom stereocenters. The van der Waals surface area contributed by atoms with E-state index in [2.05, 4.69) is 4.98 Å². The number of ether oxygens (including phenoxy) is 2. The van der Waals surface area contributed by atoms with Gasteiger partial charge in [-0.2, -0.15) is 0 Å². The van der Waals surface area contributed by atoms with E-state index in [1.54, 1.807) is 47.9 Å². The first kappa shape index (κ1) is 16.4. The largest absolute Gasteiger partial charge is 0.462 e. The van der Waals surface area contributed by atoms with Crippen molar-refractivity contribution in [2.24, 2.45) is 0 Å². The average Bonchev–Trinajstić information content (AvgIpc) is 3.27. The highest BCUT2D eigenvalue weighted by molar-refractivity contribution is 7.20. The quantitative estimate of drug-likeness (QED) is 0.503. The van der Waals surface area contributed by atoms with Gasteiger partial charge in [0.25, 0.3) is 0 Å². The molecule has 2 heterocycles. The molecule has 3 rings (SSSR count). The van der Waals surface area contributed by atoms with E-state index < -0.39 is 11.9 Å². The molecule has 0 radical (unpaired) electrons. The maximum atomic E-state index is 12.2. The minimum Gasteiger partial charge on any atom is -0.462 e. The van der Waals surface area contributed by atoms with Crippen molar-refractivity contribution >= 4 is 34.6 Å². The first-order chi connectivity index (χ1) is 11.7. The van der Waals surface area contributed by atoms with Gasteiger partial charge in [0, 0.05) is 5.38 Å². The molecule has 122 valence electrons. The van der Waals surface area contributed by atoms with Gasteiger partial charge in [-0.1, -0.05) is 6.07 Å². The van der Waals surface area contributed by atoms with Crippen LogP contribution in [0.25, 0.3) is 9.88 Å². The fourth-order valence-electron chi connectivity index (χ4n) is 1.91. The molecule has 0 aliphatic carbocycles. The van der Waals surface area contributed by atoms with E-state index in [0.29, 0.717) is 17.9 Å². The fraction of sp³-hybridized carbons (Fsp3) is 0.118. The van der Waals surface area contributed by atoms with Crippen molar-refractivity contribution in [3.63, 3.8) is 0 Å². The van der Waals surface area contributed by atoms with E-state index in [1.807, 2.05) is 17.5 Å². The van der Waals surface area contributed by atoms with E-state index in [1.165, 1.54) is 11.3 Å². The summed E-state index contributed by atoms with van der Waals surface area (Å²) in [5, 5.41) is 4.42. The Bertz CT molecular complexity index is 838. The van der Waals surface area contributed by atoms with Crippen molar-refractivity contribution < 1.29 is 19.1 Å². The molecule has 0 bridgehead atoms. The van der Waals surface area contributed by atoms with Crippen molar-refractivity contribution in [2.45, 2.75) is 6.92 Å². The number of benzene rings is 1. The molecule has 0 aliphatic heterocycles. The fourth-order valence-corrected chi connectivity index (χ4v) is 3.52. The molecule has 0 atom stereocenters. The summed E-state index contributed by atoms with van der Waals surface area (Å²) in [6, 6.07) is 10.1. The lowest BCUT2D eigenvalue weighted by Crippen LogP contribution is -2.09. The molecule has 0 saturated heterocycles. The van der Waals surface area contributed by atoms with Crippen molar-refractivity contribution in [3.05, 3.63) is 58.4 Å². The Morgan fingerprint density at radius 3 is 2.54 bits per heavy atom. The van der Waals surface area contributed by atoms with Gasteiger partial charge in [-0.3, -0.25) is 0 Å². The predicted molar refractivity (Wildman–Crippen MR) is 92.8 cm³/mol.